The number of aromatic nitrogens is 3. The summed E-state index contributed by atoms with van der Waals surface area (Å²) >= 11 is 0. The maximum absolute atomic E-state index is 4.31. The monoisotopic (exact) mass is 253 g/mol. The molecule has 2 heterocycles. The summed E-state index contributed by atoms with van der Waals surface area (Å²) in [6.07, 6.45) is 7.45. The highest BCUT2D eigenvalue weighted by Crippen LogP contribution is 2.23. The molecule has 0 unspecified atom stereocenters. The number of benzene rings is 1. The number of nitrogens with zero attached hydrogens (tertiary/aromatic N) is 3. The van der Waals surface area contributed by atoms with Crippen LogP contribution < -0.4 is 0 Å². The first kappa shape index (κ1) is 12.0. The van der Waals surface area contributed by atoms with Crippen LogP contribution in [0.2, 0.25) is 0 Å². The van der Waals surface area contributed by atoms with Gasteiger partial charge in [0.05, 0.1) is 0 Å². The van der Waals surface area contributed by atoms with E-state index in [4.69, 9.17) is 0 Å². The molecule has 0 bridgehead atoms. The molecule has 0 atom stereocenters. The van der Waals surface area contributed by atoms with Crippen molar-refractivity contribution in [1.29, 1.82) is 0 Å². The quantitative estimate of drug-likeness (QED) is 0.695. The lowest BCUT2D eigenvalue weighted by atomic mass is 10.1. The highest BCUT2D eigenvalue weighted by molar-refractivity contribution is 5.83. The van der Waals surface area contributed by atoms with Crippen molar-refractivity contribution in [3.05, 3.63) is 48.3 Å². The Morgan fingerprint density at radius 1 is 1.21 bits per heavy atom. The molecule has 0 amide bonds. The topological polar surface area (TPSA) is 22.8 Å². The molecular weight excluding hydrogens is 234 g/mol. The summed E-state index contributed by atoms with van der Waals surface area (Å²) in [6.45, 7) is 2.23. The van der Waals surface area contributed by atoms with E-state index in [9.17, 15) is 0 Å². The van der Waals surface area contributed by atoms with Crippen molar-refractivity contribution >= 4 is 10.9 Å². The number of hydrogen-bond acceptors (Lipinski definition) is 1. The summed E-state index contributed by atoms with van der Waals surface area (Å²) in [5.41, 5.74) is 2.68. The summed E-state index contributed by atoms with van der Waals surface area (Å²) in [5.74, 6) is 1.10. The van der Waals surface area contributed by atoms with Crippen molar-refractivity contribution in [3.63, 3.8) is 0 Å². The fraction of sp³-hybridized carbons (Fsp3) is 0.312. The van der Waals surface area contributed by atoms with Crippen LogP contribution in [0, 0.1) is 0 Å². The Hall–Kier alpha value is -2.03. The van der Waals surface area contributed by atoms with Crippen LogP contribution in [0.15, 0.2) is 42.7 Å². The van der Waals surface area contributed by atoms with Crippen LogP contribution in [0.4, 0.5) is 0 Å². The number of rotatable bonds is 4. The van der Waals surface area contributed by atoms with Crippen molar-refractivity contribution in [2.24, 2.45) is 7.05 Å². The predicted octanol–water partition coefficient (Wildman–Crippen LogP) is 3.71. The van der Waals surface area contributed by atoms with Crippen molar-refractivity contribution in [3.8, 4) is 5.82 Å². The minimum absolute atomic E-state index is 1.10. The van der Waals surface area contributed by atoms with E-state index in [0.717, 1.165) is 5.82 Å². The summed E-state index contributed by atoms with van der Waals surface area (Å²) < 4.78 is 4.09. The molecule has 0 aliphatic heterocycles. The second kappa shape index (κ2) is 4.92. The molecule has 0 saturated carbocycles. The number of aryl methyl sites for hydroxylation is 2. The van der Waals surface area contributed by atoms with Crippen LogP contribution in [0.3, 0.4) is 0 Å². The standard InChI is InChI=1S/C16H19N3/c1-3-4-6-13-7-8-15-14(11-13)12-16(18(15)2)19-10-5-9-17-19/h5,7-12H,3-4,6H2,1-2H3. The van der Waals surface area contributed by atoms with E-state index in [2.05, 4.69) is 47.9 Å². The van der Waals surface area contributed by atoms with E-state index in [0.29, 0.717) is 0 Å². The summed E-state index contributed by atoms with van der Waals surface area (Å²) in [6, 6.07) is 10.9. The Morgan fingerprint density at radius 2 is 2.11 bits per heavy atom. The van der Waals surface area contributed by atoms with Gasteiger partial charge in [-0.25, -0.2) is 4.68 Å². The van der Waals surface area contributed by atoms with Gasteiger partial charge in [-0.2, -0.15) is 5.10 Å². The Bertz CT molecular complexity index is 677. The van der Waals surface area contributed by atoms with Crippen molar-refractivity contribution < 1.29 is 0 Å². The van der Waals surface area contributed by atoms with Gasteiger partial charge in [0, 0.05) is 30.3 Å². The predicted molar refractivity (Wildman–Crippen MR) is 78.7 cm³/mol. The molecule has 3 nitrogen and oxygen atoms in total. The second-order valence-electron chi connectivity index (χ2n) is 5.01. The van der Waals surface area contributed by atoms with E-state index >= 15 is 0 Å². The highest BCUT2D eigenvalue weighted by Gasteiger charge is 2.08. The van der Waals surface area contributed by atoms with Gasteiger partial charge >= 0.3 is 0 Å². The second-order valence-corrected chi connectivity index (χ2v) is 5.01. The van der Waals surface area contributed by atoms with Crippen LogP contribution >= 0.6 is 0 Å². The molecular formula is C16H19N3. The Morgan fingerprint density at radius 3 is 2.84 bits per heavy atom. The van der Waals surface area contributed by atoms with Crippen LogP contribution in [0.25, 0.3) is 16.7 Å². The molecule has 3 heteroatoms. The SMILES string of the molecule is CCCCc1ccc2c(c1)cc(-n1cccn1)n2C. The zero-order valence-electron chi connectivity index (χ0n) is 11.5. The van der Waals surface area contributed by atoms with E-state index in [1.165, 1.54) is 35.7 Å². The van der Waals surface area contributed by atoms with Crippen molar-refractivity contribution in [2.45, 2.75) is 26.2 Å². The lowest BCUT2D eigenvalue weighted by Crippen LogP contribution is -2.01. The molecule has 0 aliphatic rings. The van der Waals surface area contributed by atoms with E-state index in [1.54, 1.807) is 0 Å². The van der Waals surface area contributed by atoms with Crippen molar-refractivity contribution in [2.75, 3.05) is 0 Å². The normalized spacial score (nSPS) is 11.3. The van der Waals surface area contributed by atoms with Crippen LogP contribution in [0.1, 0.15) is 25.3 Å². The molecule has 19 heavy (non-hydrogen) atoms. The molecule has 0 fully saturated rings. The minimum atomic E-state index is 1.10. The zero-order valence-corrected chi connectivity index (χ0v) is 11.5. The van der Waals surface area contributed by atoms with E-state index in [-0.39, 0.29) is 0 Å². The summed E-state index contributed by atoms with van der Waals surface area (Å²) in [4.78, 5) is 0. The summed E-state index contributed by atoms with van der Waals surface area (Å²) in [7, 11) is 2.09. The first-order chi connectivity index (χ1) is 9.29. The number of unbranched alkanes of at least 4 members (excludes halogenated alkanes) is 1. The fourth-order valence-electron chi connectivity index (χ4n) is 2.54. The van der Waals surface area contributed by atoms with Crippen LogP contribution in [0.5, 0.6) is 0 Å². The average molecular weight is 253 g/mol. The number of fused-ring (bicyclic) bond motifs is 1. The molecule has 0 N–H and O–H groups in total. The average Bonchev–Trinajstić information content (AvgIpc) is 3.04. The third-order valence-electron chi connectivity index (χ3n) is 3.64. The largest absolute Gasteiger partial charge is 0.329 e. The Kier molecular flexibility index (Phi) is 3.11. The molecule has 98 valence electrons. The van der Waals surface area contributed by atoms with Gasteiger partial charge in [0.1, 0.15) is 5.82 Å². The van der Waals surface area contributed by atoms with Crippen molar-refractivity contribution in [1.82, 2.24) is 14.3 Å². The van der Waals surface area contributed by atoms with Gasteiger partial charge in [-0.1, -0.05) is 19.4 Å². The number of hydrogen-bond donors (Lipinski definition) is 0. The van der Waals surface area contributed by atoms with Gasteiger partial charge < -0.3 is 4.57 Å². The molecule has 3 rings (SSSR count). The van der Waals surface area contributed by atoms with Gasteiger partial charge in [-0.3, -0.25) is 0 Å². The van der Waals surface area contributed by atoms with E-state index < -0.39 is 0 Å². The van der Waals surface area contributed by atoms with Gasteiger partial charge in [0.25, 0.3) is 0 Å². The molecule has 3 aromatic rings. The third kappa shape index (κ3) is 2.16. The van der Waals surface area contributed by atoms with E-state index in [1.807, 2.05) is 23.1 Å². The Labute approximate surface area is 113 Å². The molecule has 0 aliphatic carbocycles. The third-order valence-corrected chi connectivity index (χ3v) is 3.64. The Balaban J connectivity index is 2.05. The minimum Gasteiger partial charge on any atom is -0.329 e. The first-order valence-corrected chi connectivity index (χ1v) is 6.88. The van der Waals surface area contributed by atoms with Gasteiger partial charge in [-0.15, -0.1) is 0 Å². The maximum atomic E-state index is 4.31. The maximum Gasteiger partial charge on any atom is 0.134 e. The molecule has 1 aromatic carbocycles. The molecule has 0 saturated heterocycles. The summed E-state index contributed by atoms with van der Waals surface area (Å²) in [5, 5.41) is 5.60. The highest BCUT2D eigenvalue weighted by atomic mass is 15.3. The zero-order chi connectivity index (χ0) is 13.2. The van der Waals surface area contributed by atoms with Gasteiger partial charge in [0.15, 0.2) is 0 Å². The molecule has 0 spiro atoms. The lowest BCUT2D eigenvalue weighted by Gasteiger charge is -2.04. The van der Waals surface area contributed by atoms with Crippen LogP contribution in [-0.2, 0) is 13.5 Å². The fourth-order valence-corrected chi connectivity index (χ4v) is 2.54. The molecule has 0 radical (unpaired) electrons. The lowest BCUT2D eigenvalue weighted by molar-refractivity contribution is 0.787. The first-order valence-electron chi connectivity index (χ1n) is 6.88. The smallest absolute Gasteiger partial charge is 0.134 e. The van der Waals surface area contributed by atoms with Gasteiger partial charge in [0.2, 0.25) is 0 Å². The van der Waals surface area contributed by atoms with Crippen LogP contribution in [-0.4, -0.2) is 14.3 Å². The van der Waals surface area contributed by atoms with Gasteiger partial charge in [-0.05, 0) is 42.7 Å². The molecule has 2 aromatic heterocycles.